The Kier molecular flexibility index (Phi) is 6.95. The Morgan fingerprint density at radius 3 is 2.48 bits per heavy atom. The molecule has 134 valence electrons. The molecule has 2 rings (SSSR count). The monoisotopic (exact) mass is 341 g/mol. The Hall–Kier alpha value is -2.40. The summed E-state index contributed by atoms with van der Waals surface area (Å²) in [7, 11) is 0. The van der Waals surface area contributed by atoms with E-state index in [-0.39, 0.29) is 24.2 Å². The van der Waals surface area contributed by atoms with Crippen molar-refractivity contribution in [1.82, 2.24) is 10.6 Å². The van der Waals surface area contributed by atoms with Crippen LogP contribution in [0, 0.1) is 5.92 Å². The maximum Gasteiger partial charge on any atom is 0.242 e. The Bertz CT molecular complexity index is 728. The molecule has 0 aliphatic heterocycles. The Balaban J connectivity index is 1.98. The summed E-state index contributed by atoms with van der Waals surface area (Å²) in [6, 6.07) is 13.5. The first-order chi connectivity index (χ1) is 12.0. The third kappa shape index (κ3) is 5.57. The van der Waals surface area contributed by atoms with Crippen LogP contribution in [0.5, 0.6) is 0 Å². The van der Waals surface area contributed by atoms with Gasteiger partial charge in [0.05, 0.1) is 6.42 Å². The van der Waals surface area contributed by atoms with Gasteiger partial charge in [-0.15, -0.1) is 0 Å². The van der Waals surface area contributed by atoms with Crippen molar-refractivity contribution < 1.29 is 9.59 Å². The van der Waals surface area contributed by atoms with Gasteiger partial charge in [0, 0.05) is 6.54 Å². The average Bonchev–Trinajstić information content (AvgIpc) is 2.59. The second-order valence-electron chi connectivity index (χ2n) is 6.58. The topological polar surface area (TPSA) is 84.2 Å². The SMILES string of the molecule is CC(C)C(NC(=O)Cc1ccc2ccccc2c1)C(=O)NCCCN. The smallest absolute Gasteiger partial charge is 0.242 e. The van der Waals surface area contributed by atoms with Crippen molar-refractivity contribution in [2.24, 2.45) is 11.7 Å². The molecule has 1 atom stereocenters. The summed E-state index contributed by atoms with van der Waals surface area (Å²) < 4.78 is 0. The van der Waals surface area contributed by atoms with E-state index in [4.69, 9.17) is 5.73 Å². The Morgan fingerprint density at radius 2 is 1.80 bits per heavy atom. The highest BCUT2D eigenvalue weighted by Crippen LogP contribution is 2.16. The van der Waals surface area contributed by atoms with Crippen LogP contribution in [0.1, 0.15) is 25.8 Å². The van der Waals surface area contributed by atoms with Crippen LogP contribution in [-0.4, -0.2) is 30.9 Å². The standard InChI is InChI=1S/C20H27N3O2/c1-14(2)19(20(25)22-11-5-10-21)23-18(24)13-15-8-9-16-6-3-4-7-17(16)12-15/h3-4,6-9,12,14,19H,5,10-11,13,21H2,1-2H3,(H,22,25)(H,23,24). The number of nitrogens with one attached hydrogen (secondary N) is 2. The van der Waals surface area contributed by atoms with Crippen LogP contribution in [0.2, 0.25) is 0 Å². The first kappa shape index (κ1) is 18.9. The normalized spacial score (nSPS) is 12.2. The van der Waals surface area contributed by atoms with E-state index in [1.807, 2.05) is 56.3 Å². The molecule has 5 nitrogen and oxygen atoms in total. The molecule has 25 heavy (non-hydrogen) atoms. The summed E-state index contributed by atoms with van der Waals surface area (Å²) in [6.45, 7) is 4.90. The predicted octanol–water partition coefficient (Wildman–Crippen LogP) is 1.99. The van der Waals surface area contributed by atoms with E-state index in [2.05, 4.69) is 10.6 Å². The highest BCUT2D eigenvalue weighted by molar-refractivity contribution is 5.89. The maximum absolute atomic E-state index is 12.4. The van der Waals surface area contributed by atoms with Crippen LogP contribution >= 0.6 is 0 Å². The maximum atomic E-state index is 12.4. The number of fused-ring (bicyclic) bond motifs is 1. The van der Waals surface area contributed by atoms with Gasteiger partial charge < -0.3 is 16.4 Å². The van der Waals surface area contributed by atoms with E-state index in [0.29, 0.717) is 13.1 Å². The highest BCUT2D eigenvalue weighted by Gasteiger charge is 2.23. The predicted molar refractivity (Wildman–Crippen MR) is 101 cm³/mol. The fraction of sp³-hybridized carbons (Fsp3) is 0.400. The summed E-state index contributed by atoms with van der Waals surface area (Å²) in [5.41, 5.74) is 6.37. The number of hydrogen-bond acceptors (Lipinski definition) is 3. The molecule has 1 unspecified atom stereocenters. The fourth-order valence-electron chi connectivity index (χ4n) is 2.72. The molecule has 0 fully saturated rings. The lowest BCUT2D eigenvalue weighted by atomic mass is 10.0. The minimum absolute atomic E-state index is 0.0124. The average molecular weight is 341 g/mol. The van der Waals surface area contributed by atoms with Gasteiger partial charge in [0.1, 0.15) is 6.04 Å². The van der Waals surface area contributed by atoms with Crippen LogP contribution in [0.3, 0.4) is 0 Å². The van der Waals surface area contributed by atoms with Crippen molar-refractivity contribution in [3.8, 4) is 0 Å². The van der Waals surface area contributed by atoms with E-state index in [9.17, 15) is 9.59 Å². The van der Waals surface area contributed by atoms with E-state index in [0.717, 1.165) is 22.8 Å². The fourth-order valence-corrected chi connectivity index (χ4v) is 2.72. The third-order valence-electron chi connectivity index (χ3n) is 4.12. The Morgan fingerprint density at radius 1 is 1.08 bits per heavy atom. The molecule has 0 saturated carbocycles. The number of carbonyl (C=O) groups is 2. The molecule has 0 saturated heterocycles. The van der Waals surface area contributed by atoms with Crippen molar-refractivity contribution in [1.29, 1.82) is 0 Å². The summed E-state index contributed by atoms with van der Waals surface area (Å²) in [5, 5.41) is 7.93. The molecule has 0 aliphatic carbocycles. The van der Waals surface area contributed by atoms with Gasteiger partial charge in [0.25, 0.3) is 0 Å². The molecule has 0 heterocycles. The number of rotatable bonds is 8. The van der Waals surface area contributed by atoms with Crippen molar-refractivity contribution >= 4 is 22.6 Å². The molecular weight excluding hydrogens is 314 g/mol. The molecule has 0 radical (unpaired) electrons. The first-order valence-corrected chi connectivity index (χ1v) is 8.76. The van der Waals surface area contributed by atoms with Crippen molar-refractivity contribution in [3.05, 3.63) is 48.0 Å². The highest BCUT2D eigenvalue weighted by atomic mass is 16.2. The molecule has 5 heteroatoms. The van der Waals surface area contributed by atoms with Gasteiger partial charge >= 0.3 is 0 Å². The van der Waals surface area contributed by atoms with E-state index >= 15 is 0 Å². The molecular formula is C20H27N3O2. The molecule has 2 aromatic rings. The van der Waals surface area contributed by atoms with Crippen LogP contribution < -0.4 is 16.4 Å². The second-order valence-corrected chi connectivity index (χ2v) is 6.58. The minimum atomic E-state index is -0.536. The largest absolute Gasteiger partial charge is 0.354 e. The van der Waals surface area contributed by atoms with Gasteiger partial charge in [0.2, 0.25) is 11.8 Å². The zero-order valence-electron chi connectivity index (χ0n) is 14.9. The van der Waals surface area contributed by atoms with Gasteiger partial charge in [-0.25, -0.2) is 0 Å². The lowest BCUT2D eigenvalue weighted by Crippen LogP contribution is -2.50. The van der Waals surface area contributed by atoms with Crippen LogP contribution in [0.25, 0.3) is 10.8 Å². The molecule has 2 amide bonds. The second kappa shape index (κ2) is 9.18. The first-order valence-electron chi connectivity index (χ1n) is 8.76. The van der Waals surface area contributed by atoms with E-state index in [1.165, 1.54) is 0 Å². The minimum Gasteiger partial charge on any atom is -0.354 e. The third-order valence-corrected chi connectivity index (χ3v) is 4.12. The summed E-state index contributed by atoms with van der Waals surface area (Å²) in [6.07, 6.45) is 0.978. The van der Waals surface area contributed by atoms with Crippen molar-refractivity contribution in [2.45, 2.75) is 32.7 Å². The number of hydrogen-bond donors (Lipinski definition) is 3. The van der Waals surface area contributed by atoms with E-state index in [1.54, 1.807) is 0 Å². The zero-order valence-corrected chi connectivity index (χ0v) is 14.9. The van der Waals surface area contributed by atoms with Crippen molar-refractivity contribution in [2.75, 3.05) is 13.1 Å². The van der Waals surface area contributed by atoms with Gasteiger partial charge in [-0.1, -0.05) is 56.3 Å². The van der Waals surface area contributed by atoms with Gasteiger partial charge in [-0.2, -0.15) is 0 Å². The number of benzene rings is 2. The summed E-state index contributed by atoms with van der Waals surface area (Å²) >= 11 is 0. The number of nitrogens with two attached hydrogens (primary N) is 1. The number of carbonyl (C=O) groups excluding carboxylic acids is 2. The van der Waals surface area contributed by atoms with Gasteiger partial charge in [0.15, 0.2) is 0 Å². The zero-order chi connectivity index (χ0) is 18.2. The van der Waals surface area contributed by atoms with Crippen LogP contribution in [0.15, 0.2) is 42.5 Å². The van der Waals surface area contributed by atoms with Crippen LogP contribution in [-0.2, 0) is 16.0 Å². The molecule has 4 N–H and O–H groups in total. The molecule has 0 aromatic heterocycles. The number of amides is 2. The van der Waals surface area contributed by atoms with Gasteiger partial charge in [-0.3, -0.25) is 9.59 Å². The quantitative estimate of drug-likeness (QED) is 0.642. The van der Waals surface area contributed by atoms with E-state index < -0.39 is 6.04 Å². The molecule has 0 aliphatic rings. The van der Waals surface area contributed by atoms with Gasteiger partial charge in [-0.05, 0) is 35.2 Å². The molecule has 2 aromatic carbocycles. The van der Waals surface area contributed by atoms with Crippen molar-refractivity contribution in [3.63, 3.8) is 0 Å². The molecule has 0 spiro atoms. The lowest BCUT2D eigenvalue weighted by molar-refractivity contribution is -0.129. The Labute approximate surface area is 149 Å². The van der Waals surface area contributed by atoms with Crippen LogP contribution in [0.4, 0.5) is 0 Å². The molecule has 0 bridgehead atoms. The lowest BCUT2D eigenvalue weighted by Gasteiger charge is -2.21. The summed E-state index contributed by atoms with van der Waals surface area (Å²) in [4.78, 5) is 24.6. The summed E-state index contributed by atoms with van der Waals surface area (Å²) in [5.74, 6) is -0.295.